The molecule has 0 unspecified atom stereocenters. The van der Waals surface area contributed by atoms with E-state index in [1.807, 2.05) is 0 Å². The largest absolute Gasteiger partial charge is 0.416 e. The molecule has 2 aliphatic rings. The molecule has 158 valence electrons. The summed E-state index contributed by atoms with van der Waals surface area (Å²) in [5.74, 6) is 0.710. The molecule has 2 aliphatic heterocycles. The van der Waals surface area contributed by atoms with Gasteiger partial charge < -0.3 is 15.4 Å². The van der Waals surface area contributed by atoms with Crippen LogP contribution in [0.25, 0.3) is 16.7 Å². The van der Waals surface area contributed by atoms with Gasteiger partial charge in [-0.15, -0.1) is 0 Å². The van der Waals surface area contributed by atoms with E-state index >= 15 is 0 Å². The Morgan fingerprint density at radius 2 is 1.87 bits per heavy atom. The van der Waals surface area contributed by atoms with Crippen LogP contribution in [0.2, 0.25) is 0 Å². The smallest absolute Gasteiger partial charge is 0.379 e. The second kappa shape index (κ2) is 7.10. The third-order valence-electron chi connectivity index (χ3n) is 5.57. The number of halogens is 3. The third kappa shape index (κ3) is 3.33. The van der Waals surface area contributed by atoms with Crippen LogP contribution in [0.5, 0.6) is 0 Å². The van der Waals surface area contributed by atoms with Gasteiger partial charge in [-0.05, 0) is 18.2 Å². The van der Waals surface area contributed by atoms with E-state index in [1.165, 1.54) is 10.7 Å². The number of rotatable bonds is 3. The van der Waals surface area contributed by atoms with Gasteiger partial charge in [0.15, 0.2) is 5.65 Å². The van der Waals surface area contributed by atoms with E-state index < -0.39 is 11.7 Å². The van der Waals surface area contributed by atoms with Gasteiger partial charge in [0.1, 0.15) is 5.82 Å². The molecule has 30 heavy (non-hydrogen) atoms. The van der Waals surface area contributed by atoms with Crippen LogP contribution in [0.3, 0.4) is 0 Å². The second-order valence-electron chi connectivity index (χ2n) is 7.45. The molecule has 0 aliphatic carbocycles. The number of morpholine rings is 1. The number of hydrogen-bond acceptors (Lipinski definition) is 7. The summed E-state index contributed by atoms with van der Waals surface area (Å²) in [6.45, 7) is 4.89. The molecule has 2 N–H and O–H groups in total. The van der Waals surface area contributed by atoms with E-state index in [1.54, 1.807) is 12.3 Å². The molecule has 11 heteroatoms. The van der Waals surface area contributed by atoms with Crippen LogP contribution >= 0.6 is 0 Å². The fourth-order valence-corrected chi connectivity index (χ4v) is 3.96. The van der Waals surface area contributed by atoms with Crippen molar-refractivity contribution in [3.63, 3.8) is 0 Å². The summed E-state index contributed by atoms with van der Waals surface area (Å²) < 4.78 is 46.1. The van der Waals surface area contributed by atoms with Gasteiger partial charge in [0, 0.05) is 32.2 Å². The number of aromatic nitrogens is 4. The number of fused-ring (bicyclic) bond motifs is 1. The standard InChI is InChI=1S/C19H20F3N7O/c20-19(21,22)12-2-1-3-13(8-12)29-17-15(9-24-29)16(25-18(23)26-17)28-10-14(11-28)27-4-6-30-7-5-27/h1-3,8-9,14H,4-7,10-11H2,(H2,23,25,26). The van der Waals surface area contributed by atoms with Crippen molar-refractivity contribution < 1.29 is 17.9 Å². The quantitative estimate of drug-likeness (QED) is 0.694. The Kier molecular flexibility index (Phi) is 4.51. The molecule has 8 nitrogen and oxygen atoms in total. The minimum Gasteiger partial charge on any atom is -0.379 e. The number of ether oxygens (including phenoxy) is 1. The average molecular weight is 419 g/mol. The lowest BCUT2D eigenvalue weighted by atomic mass is 10.1. The predicted molar refractivity (Wildman–Crippen MR) is 104 cm³/mol. The van der Waals surface area contributed by atoms with Crippen LogP contribution in [0, 0.1) is 0 Å². The highest BCUT2D eigenvalue weighted by molar-refractivity contribution is 5.89. The lowest BCUT2D eigenvalue weighted by Crippen LogP contribution is -2.61. The van der Waals surface area contributed by atoms with Gasteiger partial charge in [-0.25, -0.2) is 4.68 Å². The highest BCUT2D eigenvalue weighted by Gasteiger charge is 2.35. The van der Waals surface area contributed by atoms with E-state index in [-0.39, 0.29) is 11.6 Å². The van der Waals surface area contributed by atoms with Crippen molar-refractivity contribution in [2.24, 2.45) is 0 Å². The first-order valence-corrected chi connectivity index (χ1v) is 9.66. The fourth-order valence-electron chi connectivity index (χ4n) is 3.96. The maximum Gasteiger partial charge on any atom is 0.416 e. The molecule has 0 saturated carbocycles. The molecule has 0 atom stereocenters. The monoisotopic (exact) mass is 419 g/mol. The summed E-state index contributed by atoms with van der Waals surface area (Å²) >= 11 is 0. The first-order valence-electron chi connectivity index (χ1n) is 9.66. The van der Waals surface area contributed by atoms with Crippen molar-refractivity contribution in [1.29, 1.82) is 0 Å². The molecular formula is C19H20F3N7O. The van der Waals surface area contributed by atoms with Crippen LogP contribution in [-0.2, 0) is 10.9 Å². The van der Waals surface area contributed by atoms with Crippen molar-refractivity contribution in [1.82, 2.24) is 24.6 Å². The van der Waals surface area contributed by atoms with E-state index in [2.05, 4.69) is 24.9 Å². The lowest BCUT2D eigenvalue weighted by Gasteiger charge is -2.47. The molecule has 0 amide bonds. The van der Waals surface area contributed by atoms with E-state index in [0.717, 1.165) is 51.5 Å². The summed E-state index contributed by atoms with van der Waals surface area (Å²) in [7, 11) is 0. The van der Waals surface area contributed by atoms with Crippen LogP contribution in [-0.4, -0.2) is 70.1 Å². The molecule has 4 heterocycles. The Morgan fingerprint density at radius 1 is 1.10 bits per heavy atom. The number of alkyl halides is 3. The first kappa shape index (κ1) is 19.1. The number of nitrogens with two attached hydrogens (primary N) is 1. The Labute approximate surface area is 170 Å². The Hall–Kier alpha value is -2.92. The zero-order chi connectivity index (χ0) is 20.9. The topological polar surface area (TPSA) is 85.3 Å². The molecule has 5 rings (SSSR count). The molecule has 2 saturated heterocycles. The molecule has 0 bridgehead atoms. The normalized spacial score (nSPS) is 18.7. The second-order valence-corrected chi connectivity index (χ2v) is 7.45. The first-order chi connectivity index (χ1) is 14.4. The number of nitrogen functional groups attached to an aromatic ring is 1. The molecule has 1 aromatic carbocycles. The van der Waals surface area contributed by atoms with Gasteiger partial charge in [0.25, 0.3) is 0 Å². The fraction of sp³-hybridized carbons (Fsp3) is 0.421. The minimum absolute atomic E-state index is 0.0565. The lowest BCUT2D eigenvalue weighted by molar-refractivity contribution is -0.137. The summed E-state index contributed by atoms with van der Waals surface area (Å²) in [4.78, 5) is 13.1. The zero-order valence-corrected chi connectivity index (χ0v) is 16.0. The van der Waals surface area contributed by atoms with Gasteiger partial charge >= 0.3 is 6.18 Å². The highest BCUT2D eigenvalue weighted by Crippen LogP contribution is 2.33. The van der Waals surface area contributed by atoms with Gasteiger partial charge in [0.05, 0.1) is 36.0 Å². The van der Waals surface area contributed by atoms with Crippen molar-refractivity contribution in [2.45, 2.75) is 12.2 Å². The van der Waals surface area contributed by atoms with E-state index in [9.17, 15) is 13.2 Å². The molecule has 2 fully saturated rings. The predicted octanol–water partition coefficient (Wildman–Crippen LogP) is 1.94. The molecule has 0 spiro atoms. The number of hydrogen-bond donors (Lipinski definition) is 1. The van der Waals surface area contributed by atoms with Gasteiger partial charge in [-0.2, -0.15) is 28.2 Å². The Morgan fingerprint density at radius 3 is 2.60 bits per heavy atom. The summed E-state index contributed by atoms with van der Waals surface area (Å²) in [6.07, 6.45) is -2.86. The van der Waals surface area contributed by atoms with Crippen LogP contribution < -0.4 is 10.6 Å². The van der Waals surface area contributed by atoms with Gasteiger partial charge in [-0.1, -0.05) is 6.07 Å². The van der Waals surface area contributed by atoms with Crippen molar-refractivity contribution in [3.05, 3.63) is 36.0 Å². The molecule has 0 radical (unpaired) electrons. The zero-order valence-electron chi connectivity index (χ0n) is 16.0. The van der Waals surface area contributed by atoms with Crippen LogP contribution in [0.1, 0.15) is 5.56 Å². The van der Waals surface area contributed by atoms with E-state index in [0.29, 0.717) is 22.9 Å². The number of anilines is 2. The average Bonchev–Trinajstić information content (AvgIpc) is 3.11. The summed E-state index contributed by atoms with van der Waals surface area (Å²) in [5, 5.41) is 4.93. The SMILES string of the molecule is Nc1nc(N2CC(N3CCOCC3)C2)c2cnn(-c3cccc(C(F)(F)F)c3)c2n1. The maximum absolute atomic E-state index is 13.1. The maximum atomic E-state index is 13.1. The highest BCUT2D eigenvalue weighted by atomic mass is 19.4. The summed E-state index contributed by atoms with van der Waals surface area (Å²) in [5.41, 5.74) is 5.82. The van der Waals surface area contributed by atoms with Crippen molar-refractivity contribution in [3.8, 4) is 5.69 Å². The van der Waals surface area contributed by atoms with E-state index in [4.69, 9.17) is 10.5 Å². The Bertz CT molecular complexity index is 1070. The van der Waals surface area contributed by atoms with Gasteiger partial charge in [0.2, 0.25) is 5.95 Å². The molecular weight excluding hydrogens is 399 g/mol. The third-order valence-corrected chi connectivity index (χ3v) is 5.57. The van der Waals surface area contributed by atoms with Crippen molar-refractivity contribution >= 4 is 22.8 Å². The van der Waals surface area contributed by atoms with Gasteiger partial charge in [-0.3, -0.25) is 4.90 Å². The van der Waals surface area contributed by atoms with Crippen LogP contribution in [0.15, 0.2) is 30.5 Å². The Balaban J connectivity index is 1.46. The van der Waals surface area contributed by atoms with Crippen LogP contribution in [0.4, 0.5) is 24.9 Å². The molecule has 3 aromatic rings. The van der Waals surface area contributed by atoms with Crippen molar-refractivity contribution in [2.75, 3.05) is 50.0 Å². The number of benzene rings is 1. The minimum atomic E-state index is -4.44. The summed E-state index contributed by atoms with van der Waals surface area (Å²) in [6, 6.07) is 5.38. The molecule has 2 aromatic heterocycles. The number of nitrogens with zero attached hydrogens (tertiary/aromatic N) is 6.